The van der Waals surface area contributed by atoms with Gasteiger partial charge in [-0.05, 0) is 86.1 Å². The molecule has 38 heavy (non-hydrogen) atoms. The summed E-state index contributed by atoms with van der Waals surface area (Å²) in [4.78, 5) is 18.8. The zero-order chi connectivity index (χ0) is 26.3. The van der Waals surface area contributed by atoms with Crippen molar-refractivity contribution in [3.8, 4) is 22.8 Å². The summed E-state index contributed by atoms with van der Waals surface area (Å²) in [6.07, 6.45) is 3.82. The van der Waals surface area contributed by atoms with Crippen molar-refractivity contribution in [3.63, 3.8) is 0 Å². The van der Waals surface area contributed by atoms with E-state index in [1.165, 1.54) is 44.1 Å². The summed E-state index contributed by atoms with van der Waals surface area (Å²) in [5, 5.41) is 3.89. The highest BCUT2D eigenvalue weighted by atomic mass is 32.2. The second-order valence-corrected chi connectivity index (χ2v) is 11.3. The third-order valence-corrected chi connectivity index (χ3v) is 8.55. The Morgan fingerprint density at radius 1 is 0.947 bits per heavy atom. The summed E-state index contributed by atoms with van der Waals surface area (Å²) < 4.78 is 36.5. The van der Waals surface area contributed by atoms with Crippen LogP contribution in [-0.4, -0.2) is 44.4 Å². The van der Waals surface area contributed by atoms with Crippen molar-refractivity contribution < 1.29 is 22.1 Å². The minimum Gasteiger partial charge on any atom is -0.497 e. The highest BCUT2D eigenvalue weighted by molar-refractivity contribution is 7.87. The molecule has 2 N–H and O–H groups in total. The summed E-state index contributed by atoms with van der Waals surface area (Å²) in [6.45, 7) is 3.40. The van der Waals surface area contributed by atoms with E-state index in [0.29, 0.717) is 22.4 Å². The largest absolute Gasteiger partial charge is 0.497 e. The first-order chi connectivity index (χ1) is 18.4. The lowest BCUT2D eigenvalue weighted by atomic mass is 9.99. The van der Waals surface area contributed by atoms with Crippen LogP contribution in [0.2, 0.25) is 0 Å². The van der Waals surface area contributed by atoms with Gasteiger partial charge in [-0.2, -0.15) is 8.42 Å². The van der Waals surface area contributed by atoms with Gasteiger partial charge in [0.1, 0.15) is 16.4 Å². The van der Waals surface area contributed by atoms with Crippen molar-refractivity contribution in [2.75, 3.05) is 20.2 Å². The third kappa shape index (κ3) is 4.63. The average Bonchev–Trinajstić information content (AvgIpc) is 3.53. The van der Waals surface area contributed by atoms with Crippen molar-refractivity contribution in [2.45, 2.75) is 37.2 Å². The number of benzene rings is 3. The van der Waals surface area contributed by atoms with Gasteiger partial charge in [-0.25, -0.2) is 0 Å². The highest BCUT2D eigenvalue weighted by Gasteiger charge is 2.30. The van der Waals surface area contributed by atoms with Gasteiger partial charge in [-0.1, -0.05) is 12.5 Å². The second kappa shape index (κ2) is 9.81. The predicted octanol–water partition coefficient (Wildman–Crippen LogP) is 4.84. The van der Waals surface area contributed by atoms with Crippen LogP contribution in [0.25, 0.3) is 22.2 Å². The van der Waals surface area contributed by atoms with E-state index in [-0.39, 0.29) is 23.1 Å². The molecule has 6 rings (SSSR count). The lowest BCUT2D eigenvalue weighted by molar-refractivity contribution is 0.0966. The topological polar surface area (TPSA) is 101 Å². The van der Waals surface area contributed by atoms with Crippen LogP contribution in [0.4, 0.5) is 0 Å². The SMILES string of the molecule is COc1ccc(S(=O)(=O)Oc2ccc(-c3cc4cc(CN5CCCCC5)ccc4[nH]3)c3c2CNC3=O)cc1. The molecule has 1 aromatic heterocycles. The van der Waals surface area contributed by atoms with Gasteiger partial charge in [0.15, 0.2) is 0 Å². The number of methoxy groups -OCH3 is 1. The molecular formula is C29H29N3O5S. The van der Waals surface area contributed by atoms with E-state index in [9.17, 15) is 13.2 Å². The molecule has 1 fully saturated rings. The van der Waals surface area contributed by atoms with Crippen LogP contribution >= 0.6 is 0 Å². The monoisotopic (exact) mass is 531 g/mol. The van der Waals surface area contributed by atoms with Crippen LogP contribution in [0.5, 0.6) is 11.5 Å². The van der Waals surface area contributed by atoms with Crippen LogP contribution < -0.4 is 14.2 Å². The summed E-state index contributed by atoms with van der Waals surface area (Å²) in [7, 11) is -2.59. The van der Waals surface area contributed by atoms with Gasteiger partial charge in [-0.3, -0.25) is 9.69 Å². The molecule has 2 aliphatic heterocycles. The number of hydrogen-bond acceptors (Lipinski definition) is 6. The summed E-state index contributed by atoms with van der Waals surface area (Å²) in [6, 6.07) is 17.8. The number of aromatic nitrogens is 1. The number of ether oxygens (including phenoxy) is 1. The minimum absolute atomic E-state index is 0.00406. The number of rotatable bonds is 7. The lowest BCUT2D eigenvalue weighted by Gasteiger charge is -2.26. The molecule has 0 radical (unpaired) electrons. The van der Waals surface area contributed by atoms with Gasteiger partial charge in [0, 0.05) is 40.8 Å². The molecule has 2 aliphatic rings. The van der Waals surface area contributed by atoms with E-state index < -0.39 is 10.1 Å². The first-order valence-corrected chi connectivity index (χ1v) is 14.2. The number of fused-ring (bicyclic) bond motifs is 2. The summed E-state index contributed by atoms with van der Waals surface area (Å²) >= 11 is 0. The molecule has 0 spiro atoms. The maximum atomic E-state index is 13.0. The summed E-state index contributed by atoms with van der Waals surface area (Å²) in [5.74, 6) is 0.422. The Hall–Kier alpha value is -3.82. The predicted molar refractivity (Wildman–Crippen MR) is 145 cm³/mol. The van der Waals surface area contributed by atoms with Crippen molar-refractivity contribution in [1.29, 1.82) is 0 Å². The molecule has 4 aromatic rings. The molecular weight excluding hydrogens is 502 g/mol. The lowest BCUT2D eigenvalue weighted by Crippen LogP contribution is -2.28. The fraction of sp³-hybridized carbons (Fsp3) is 0.276. The van der Waals surface area contributed by atoms with Crippen molar-refractivity contribution in [1.82, 2.24) is 15.2 Å². The molecule has 3 heterocycles. The molecule has 1 amide bonds. The maximum absolute atomic E-state index is 13.0. The Morgan fingerprint density at radius 2 is 1.74 bits per heavy atom. The third-order valence-electron chi connectivity index (χ3n) is 7.30. The van der Waals surface area contributed by atoms with Crippen LogP contribution in [0.15, 0.2) is 65.6 Å². The number of amides is 1. The molecule has 0 atom stereocenters. The van der Waals surface area contributed by atoms with E-state index in [1.54, 1.807) is 24.3 Å². The van der Waals surface area contributed by atoms with Gasteiger partial charge >= 0.3 is 10.1 Å². The smallest absolute Gasteiger partial charge is 0.339 e. The van der Waals surface area contributed by atoms with Crippen LogP contribution in [-0.2, 0) is 23.2 Å². The van der Waals surface area contributed by atoms with Gasteiger partial charge in [-0.15, -0.1) is 0 Å². The quantitative estimate of drug-likeness (QED) is 0.331. The number of nitrogens with one attached hydrogen (secondary N) is 2. The zero-order valence-corrected chi connectivity index (χ0v) is 21.9. The van der Waals surface area contributed by atoms with Gasteiger partial charge in [0.25, 0.3) is 5.91 Å². The number of likely N-dealkylation sites (tertiary alicyclic amines) is 1. The number of carbonyl (C=O) groups is 1. The van der Waals surface area contributed by atoms with Crippen LogP contribution in [0.3, 0.4) is 0 Å². The normalized spacial score (nSPS) is 15.9. The fourth-order valence-corrected chi connectivity index (χ4v) is 6.29. The van der Waals surface area contributed by atoms with Crippen molar-refractivity contribution >= 4 is 26.9 Å². The zero-order valence-electron chi connectivity index (χ0n) is 21.1. The molecule has 1 saturated heterocycles. The molecule has 0 bridgehead atoms. The molecule has 0 unspecified atom stereocenters. The number of hydrogen-bond donors (Lipinski definition) is 2. The molecule has 3 aromatic carbocycles. The highest BCUT2D eigenvalue weighted by Crippen LogP contribution is 2.37. The Labute approximate surface area is 221 Å². The number of carbonyl (C=O) groups excluding carboxylic acids is 1. The molecule has 196 valence electrons. The van der Waals surface area contributed by atoms with E-state index >= 15 is 0 Å². The number of nitrogens with zero attached hydrogens (tertiary/aromatic N) is 1. The van der Waals surface area contributed by atoms with Gasteiger partial charge in [0.05, 0.1) is 12.7 Å². The first kappa shape index (κ1) is 24.5. The molecule has 0 saturated carbocycles. The molecule has 9 heteroatoms. The van der Waals surface area contributed by atoms with Gasteiger partial charge in [0.2, 0.25) is 0 Å². The van der Waals surface area contributed by atoms with E-state index in [0.717, 1.165) is 36.2 Å². The summed E-state index contributed by atoms with van der Waals surface area (Å²) in [5.41, 5.74) is 4.70. The second-order valence-electron chi connectivity index (χ2n) is 9.80. The average molecular weight is 532 g/mol. The van der Waals surface area contributed by atoms with E-state index in [1.807, 2.05) is 6.07 Å². The van der Waals surface area contributed by atoms with Gasteiger partial charge < -0.3 is 19.2 Å². The number of aromatic amines is 1. The number of piperidine rings is 1. The van der Waals surface area contributed by atoms with Crippen LogP contribution in [0.1, 0.15) is 40.7 Å². The van der Waals surface area contributed by atoms with Crippen molar-refractivity contribution in [3.05, 3.63) is 77.4 Å². The van der Waals surface area contributed by atoms with E-state index in [4.69, 9.17) is 8.92 Å². The Balaban J connectivity index is 1.31. The maximum Gasteiger partial charge on any atom is 0.339 e. The molecule has 8 nitrogen and oxygen atoms in total. The first-order valence-electron chi connectivity index (χ1n) is 12.8. The molecule has 0 aliphatic carbocycles. The minimum atomic E-state index is -4.10. The Morgan fingerprint density at radius 3 is 2.50 bits per heavy atom. The Kier molecular flexibility index (Phi) is 6.33. The number of H-pyrrole nitrogens is 1. The fourth-order valence-electron chi connectivity index (χ4n) is 5.33. The van der Waals surface area contributed by atoms with Crippen LogP contribution in [0, 0.1) is 0 Å². The van der Waals surface area contributed by atoms with E-state index in [2.05, 4.69) is 33.4 Å². The standard InChI is InChI=1S/C29H29N3O5S/c1-36-21-6-8-22(9-7-21)38(34,35)37-27-12-10-23(28-24(27)17-30-29(28)33)26-16-20-15-19(5-11-25(20)31-26)18-32-13-3-2-4-14-32/h5-12,15-16,31H,2-4,13-14,17-18H2,1H3,(H,30,33). The van der Waals surface area contributed by atoms with Crippen molar-refractivity contribution in [2.24, 2.45) is 0 Å². The Bertz CT molecular complexity index is 1620.